The standard InChI is InChI=1S/C28H29BrN4O2.2ClH/c29-24-10-6-22(7-11-24)20-33-17-16-31-27(33)18-28(35)32-25-12-8-21(9-13-25)14-15-30-19-26(34)23-4-2-1-3-5-23;;/h1-13,16-17,26,30,34H,14-15,18-20H2,(H,32,35);2*1H/t26-;;/m0../s1. The van der Waals surface area contributed by atoms with Gasteiger partial charge in [0.25, 0.3) is 0 Å². The van der Waals surface area contributed by atoms with Crippen LogP contribution < -0.4 is 10.6 Å². The zero-order chi connectivity index (χ0) is 24.5. The fourth-order valence-corrected chi connectivity index (χ4v) is 4.07. The number of nitrogens with one attached hydrogen (secondary N) is 2. The van der Waals surface area contributed by atoms with Gasteiger partial charge in [0, 0.05) is 35.6 Å². The molecule has 0 bridgehead atoms. The second-order valence-electron chi connectivity index (χ2n) is 8.40. The summed E-state index contributed by atoms with van der Waals surface area (Å²) in [5, 5.41) is 16.5. The lowest BCUT2D eigenvalue weighted by Crippen LogP contribution is -2.23. The van der Waals surface area contributed by atoms with Gasteiger partial charge >= 0.3 is 0 Å². The third-order valence-electron chi connectivity index (χ3n) is 5.74. The molecule has 4 aromatic rings. The Morgan fingerprint density at radius 2 is 1.62 bits per heavy atom. The highest BCUT2D eigenvalue weighted by molar-refractivity contribution is 9.10. The molecule has 9 heteroatoms. The average molecular weight is 606 g/mol. The number of imidazole rings is 1. The van der Waals surface area contributed by atoms with Gasteiger partial charge < -0.3 is 20.3 Å². The molecule has 3 N–H and O–H groups in total. The molecule has 0 radical (unpaired) electrons. The molecule has 1 amide bonds. The fourth-order valence-electron chi connectivity index (χ4n) is 3.81. The molecule has 1 aromatic heterocycles. The van der Waals surface area contributed by atoms with Crippen LogP contribution in [0.3, 0.4) is 0 Å². The lowest BCUT2D eigenvalue weighted by Gasteiger charge is -2.12. The van der Waals surface area contributed by atoms with Gasteiger partial charge in [0.1, 0.15) is 5.82 Å². The van der Waals surface area contributed by atoms with Crippen molar-refractivity contribution < 1.29 is 9.90 Å². The number of anilines is 1. The molecule has 1 atom stereocenters. The minimum atomic E-state index is -0.515. The molecule has 0 saturated heterocycles. The Morgan fingerprint density at radius 3 is 2.32 bits per heavy atom. The number of hydrogen-bond acceptors (Lipinski definition) is 4. The quantitative estimate of drug-likeness (QED) is 0.195. The van der Waals surface area contributed by atoms with Gasteiger partial charge in [-0.3, -0.25) is 4.79 Å². The van der Waals surface area contributed by atoms with E-state index in [0.29, 0.717) is 13.1 Å². The van der Waals surface area contributed by atoms with Crippen LogP contribution in [0, 0.1) is 0 Å². The van der Waals surface area contributed by atoms with Crippen molar-refractivity contribution in [2.45, 2.75) is 25.5 Å². The maximum Gasteiger partial charge on any atom is 0.231 e. The van der Waals surface area contributed by atoms with Crippen LogP contribution in [0.2, 0.25) is 0 Å². The Kier molecular flexibility index (Phi) is 12.8. The summed E-state index contributed by atoms with van der Waals surface area (Å²) in [6, 6.07) is 25.6. The molecule has 0 aliphatic rings. The normalized spacial score (nSPS) is 11.2. The predicted molar refractivity (Wildman–Crippen MR) is 157 cm³/mol. The van der Waals surface area contributed by atoms with E-state index in [0.717, 1.165) is 45.6 Å². The zero-order valence-corrected chi connectivity index (χ0v) is 23.4. The summed E-state index contributed by atoms with van der Waals surface area (Å²) in [7, 11) is 0. The molecule has 0 fully saturated rings. The van der Waals surface area contributed by atoms with E-state index in [1.54, 1.807) is 6.20 Å². The van der Waals surface area contributed by atoms with Crippen molar-refractivity contribution in [2.24, 2.45) is 0 Å². The van der Waals surface area contributed by atoms with Gasteiger partial charge in [-0.25, -0.2) is 4.98 Å². The first kappa shape index (κ1) is 30.5. The number of nitrogens with zero attached hydrogens (tertiary/aromatic N) is 2. The minimum absolute atomic E-state index is 0. The third-order valence-corrected chi connectivity index (χ3v) is 6.27. The maximum atomic E-state index is 12.6. The van der Waals surface area contributed by atoms with Crippen molar-refractivity contribution in [1.29, 1.82) is 0 Å². The molecule has 0 spiro atoms. The second kappa shape index (κ2) is 15.5. The van der Waals surface area contributed by atoms with Gasteiger partial charge in [0.05, 0.1) is 12.5 Å². The van der Waals surface area contributed by atoms with E-state index in [4.69, 9.17) is 0 Å². The Bertz CT molecular complexity index is 1220. The number of benzene rings is 3. The Morgan fingerprint density at radius 1 is 0.946 bits per heavy atom. The molecule has 0 saturated carbocycles. The van der Waals surface area contributed by atoms with Crippen LogP contribution in [0.1, 0.15) is 28.6 Å². The number of hydrogen-bond donors (Lipinski definition) is 3. The molecule has 4 rings (SSSR count). The lowest BCUT2D eigenvalue weighted by atomic mass is 10.1. The van der Waals surface area contributed by atoms with Crippen molar-refractivity contribution in [3.8, 4) is 0 Å². The van der Waals surface area contributed by atoms with Crippen molar-refractivity contribution in [2.75, 3.05) is 18.4 Å². The van der Waals surface area contributed by atoms with E-state index in [1.165, 1.54) is 0 Å². The molecule has 6 nitrogen and oxygen atoms in total. The number of carbonyl (C=O) groups is 1. The predicted octanol–water partition coefficient (Wildman–Crippen LogP) is 5.58. The first-order valence-electron chi connectivity index (χ1n) is 11.6. The van der Waals surface area contributed by atoms with Gasteiger partial charge in [-0.2, -0.15) is 0 Å². The number of aliphatic hydroxyl groups excluding tert-OH is 1. The zero-order valence-electron chi connectivity index (χ0n) is 20.2. The van der Waals surface area contributed by atoms with E-state index in [1.807, 2.05) is 77.5 Å². The van der Waals surface area contributed by atoms with Gasteiger partial charge in [-0.05, 0) is 53.9 Å². The van der Waals surface area contributed by atoms with Crippen molar-refractivity contribution in [3.05, 3.63) is 118 Å². The molecule has 0 aliphatic heterocycles. The van der Waals surface area contributed by atoms with Crippen molar-refractivity contribution in [1.82, 2.24) is 14.9 Å². The molecule has 1 heterocycles. The number of carbonyl (C=O) groups excluding carboxylic acids is 1. The van der Waals surface area contributed by atoms with E-state index in [9.17, 15) is 9.90 Å². The highest BCUT2D eigenvalue weighted by atomic mass is 79.9. The first-order chi connectivity index (χ1) is 17.1. The topological polar surface area (TPSA) is 79.2 Å². The fraction of sp³-hybridized carbons (Fsp3) is 0.214. The van der Waals surface area contributed by atoms with Crippen molar-refractivity contribution in [3.63, 3.8) is 0 Å². The monoisotopic (exact) mass is 604 g/mol. The molecule has 0 unspecified atom stereocenters. The van der Waals surface area contributed by atoms with Crippen LogP contribution in [-0.2, 0) is 24.2 Å². The largest absolute Gasteiger partial charge is 0.387 e. The summed E-state index contributed by atoms with van der Waals surface area (Å²) in [6.07, 6.45) is 4.15. The summed E-state index contributed by atoms with van der Waals surface area (Å²) in [5.74, 6) is 0.628. The summed E-state index contributed by atoms with van der Waals surface area (Å²) in [5.41, 5.74) is 3.98. The first-order valence-corrected chi connectivity index (χ1v) is 12.4. The minimum Gasteiger partial charge on any atom is -0.387 e. The summed E-state index contributed by atoms with van der Waals surface area (Å²) >= 11 is 3.45. The Balaban J connectivity index is 0.00000241. The summed E-state index contributed by atoms with van der Waals surface area (Å²) in [6.45, 7) is 1.94. The smallest absolute Gasteiger partial charge is 0.231 e. The number of halogens is 3. The number of amides is 1. The molecular formula is C28H31BrCl2N4O2. The number of aliphatic hydroxyl groups is 1. The van der Waals surface area contributed by atoms with Gasteiger partial charge in [-0.1, -0.05) is 70.5 Å². The molecule has 0 aliphatic carbocycles. The maximum absolute atomic E-state index is 12.6. The van der Waals surface area contributed by atoms with Gasteiger partial charge in [-0.15, -0.1) is 24.8 Å². The SMILES string of the molecule is Cl.Cl.O=C(Cc1nccn1Cc1ccc(Br)cc1)Nc1ccc(CCNC[C@H](O)c2ccccc2)cc1. The Labute approximate surface area is 238 Å². The molecule has 3 aromatic carbocycles. The van der Waals surface area contributed by atoms with Crippen molar-refractivity contribution >= 4 is 52.3 Å². The summed E-state index contributed by atoms with van der Waals surface area (Å²) in [4.78, 5) is 17.0. The average Bonchev–Trinajstić information content (AvgIpc) is 3.30. The van der Waals surface area contributed by atoms with E-state index >= 15 is 0 Å². The van der Waals surface area contributed by atoms with Crippen LogP contribution in [0.4, 0.5) is 5.69 Å². The molecule has 196 valence electrons. The number of rotatable bonds is 11. The molecular weight excluding hydrogens is 575 g/mol. The van der Waals surface area contributed by atoms with E-state index in [-0.39, 0.29) is 37.1 Å². The van der Waals surface area contributed by atoms with Crippen LogP contribution >= 0.6 is 40.7 Å². The van der Waals surface area contributed by atoms with Crippen LogP contribution in [-0.4, -0.2) is 33.7 Å². The van der Waals surface area contributed by atoms with Crippen LogP contribution in [0.25, 0.3) is 0 Å². The van der Waals surface area contributed by atoms with Gasteiger partial charge in [0.2, 0.25) is 5.91 Å². The number of aromatic nitrogens is 2. The van der Waals surface area contributed by atoms with Crippen LogP contribution in [0.5, 0.6) is 0 Å². The highest BCUT2D eigenvalue weighted by Gasteiger charge is 2.10. The third kappa shape index (κ3) is 9.61. The van der Waals surface area contributed by atoms with E-state index in [2.05, 4.69) is 43.7 Å². The summed E-state index contributed by atoms with van der Waals surface area (Å²) < 4.78 is 3.03. The van der Waals surface area contributed by atoms with E-state index < -0.39 is 6.10 Å². The lowest BCUT2D eigenvalue weighted by molar-refractivity contribution is -0.115. The highest BCUT2D eigenvalue weighted by Crippen LogP contribution is 2.14. The second-order valence-corrected chi connectivity index (χ2v) is 9.32. The van der Waals surface area contributed by atoms with Crippen LogP contribution in [0.15, 0.2) is 95.7 Å². The van der Waals surface area contributed by atoms with Gasteiger partial charge in [0.15, 0.2) is 0 Å². The Hall–Kier alpha value is -2.68. The molecule has 37 heavy (non-hydrogen) atoms.